The number of carbonyl (C=O) groups is 2. The van der Waals surface area contributed by atoms with E-state index >= 15 is 0 Å². The highest BCUT2D eigenvalue weighted by atomic mass is 32.2. The summed E-state index contributed by atoms with van der Waals surface area (Å²) >= 11 is 0. The molecule has 168 valence electrons. The van der Waals surface area contributed by atoms with Crippen LogP contribution in [0.2, 0.25) is 0 Å². The molecule has 2 amide bonds. The quantitative estimate of drug-likeness (QED) is 0.539. The highest BCUT2D eigenvalue weighted by Crippen LogP contribution is 2.21. The predicted octanol–water partition coefficient (Wildman–Crippen LogP) is 2.70. The van der Waals surface area contributed by atoms with Crippen LogP contribution >= 0.6 is 0 Å². The lowest BCUT2D eigenvalue weighted by molar-refractivity contribution is -0.123. The van der Waals surface area contributed by atoms with E-state index in [2.05, 4.69) is 15.4 Å². The van der Waals surface area contributed by atoms with Crippen LogP contribution < -0.4 is 20.1 Å². The molecule has 8 nitrogen and oxygen atoms in total. The summed E-state index contributed by atoms with van der Waals surface area (Å²) in [7, 11) is -2.18. The van der Waals surface area contributed by atoms with Gasteiger partial charge in [0.25, 0.3) is 5.91 Å². The Kier molecular flexibility index (Phi) is 7.80. The molecule has 0 aliphatic carbocycles. The molecular formula is C22H29N3O5S. The van der Waals surface area contributed by atoms with Crippen molar-refractivity contribution in [2.75, 3.05) is 25.5 Å². The lowest BCUT2D eigenvalue weighted by atomic mass is 9.95. The second kappa shape index (κ2) is 9.93. The van der Waals surface area contributed by atoms with E-state index in [0.29, 0.717) is 22.6 Å². The van der Waals surface area contributed by atoms with E-state index in [1.165, 1.54) is 19.2 Å². The van der Waals surface area contributed by atoms with Crippen molar-refractivity contribution >= 4 is 27.5 Å². The summed E-state index contributed by atoms with van der Waals surface area (Å²) in [6, 6.07) is 11.1. The Morgan fingerprint density at radius 2 is 1.65 bits per heavy atom. The molecule has 0 radical (unpaired) electrons. The Morgan fingerprint density at radius 3 is 2.19 bits per heavy atom. The summed E-state index contributed by atoms with van der Waals surface area (Å²) in [5, 5.41) is 5.45. The molecule has 2 aromatic rings. The van der Waals surface area contributed by atoms with E-state index < -0.39 is 15.4 Å². The number of anilines is 1. The summed E-state index contributed by atoms with van der Waals surface area (Å²) in [6.07, 6.45) is 0. The number of hydrogen-bond acceptors (Lipinski definition) is 5. The van der Waals surface area contributed by atoms with Gasteiger partial charge in [-0.05, 0) is 55.0 Å². The summed E-state index contributed by atoms with van der Waals surface area (Å²) in [6.45, 7) is 7.36. The Bertz CT molecular complexity index is 1040. The number of aryl methyl sites for hydroxylation is 1. The fourth-order valence-electron chi connectivity index (χ4n) is 2.59. The third kappa shape index (κ3) is 6.80. The lowest BCUT2D eigenvalue weighted by Gasteiger charge is -2.17. The molecule has 0 spiro atoms. The molecule has 0 saturated carbocycles. The number of benzene rings is 2. The molecule has 9 heteroatoms. The van der Waals surface area contributed by atoms with Crippen molar-refractivity contribution in [3.63, 3.8) is 0 Å². The SMILES string of the molecule is COc1ccc(S(=O)(=O)NCCNC(=O)c2ccc(NC(=O)C(C)(C)C)cc2)cc1C. The number of amides is 2. The Labute approximate surface area is 183 Å². The minimum Gasteiger partial charge on any atom is -0.496 e. The standard InChI is InChI=1S/C22H29N3O5S/c1-15-14-18(10-11-19(15)30-5)31(28,29)24-13-12-23-20(26)16-6-8-17(9-7-16)25-21(27)22(2,3)4/h6-11,14,24H,12-13H2,1-5H3,(H,23,26)(H,25,27). The molecule has 0 atom stereocenters. The van der Waals surface area contributed by atoms with Crippen LogP contribution in [0.4, 0.5) is 5.69 Å². The zero-order valence-electron chi connectivity index (χ0n) is 18.4. The van der Waals surface area contributed by atoms with Crippen molar-refractivity contribution in [3.05, 3.63) is 53.6 Å². The number of methoxy groups -OCH3 is 1. The average Bonchev–Trinajstić information content (AvgIpc) is 2.70. The lowest BCUT2D eigenvalue weighted by Crippen LogP contribution is -2.34. The van der Waals surface area contributed by atoms with Gasteiger partial charge in [-0.25, -0.2) is 13.1 Å². The summed E-state index contributed by atoms with van der Waals surface area (Å²) in [4.78, 5) is 24.4. The van der Waals surface area contributed by atoms with Crippen LogP contribution in [0.5, 0.6) is 5.75 Å². The highest BCUT2D eigenvalue weighted by Gasteiger charge is 2.21. The van der Waals surface area contributed by atoms with Crippen molar-refractivity contribution in [1.82, 2.24) is 10.0 Å². The Hall–Kier alpha value is -2.91. The zero-order valence-corrected chi connectivity index (χ0v) is 19.2. The van der Waals surface area contributed by atoms with Gasteiger partial charge in [-0.2, -0.15) is 0 Å². The highest BCUT2D eigenvalue weighted by molar-refractivity contribution is 7.89. The average molecular weight is 448 g/mol. The van der Waals surface area contributed by atoms with Crippen LogP contribution in [0.1, 0.15) is 36.7 Å². The molecule has 2 rings (SSSR count). The minimum atomic E-state index is -3.70. The van der Waals surface area contributed by atoms with E-state index in [4.69, 9.17) is 4.74 Å². The van der Waals surface area contributed by atoms with Gasteiger partial charge in [-0.15, -0.1) is 0 Å². The second-order valence-corrected chi connectivity index (χ2v) is 9.83. The number of rotatable bonds is 8. The fourth-order valence-corrected chi connectivity index (χ4v) is 3.71. The number of sulfonamides is 1. The van der Waals surface area contributed by atoms with Crippen molar-refractivity contribution in [2.24, 2.45) is 5.41 Å². The van der Waals surface area contributed by atoms with Gasteiger partial charge < -0.3 is 15.4 Å². The first-order valence-corrected chi connectivity index (χ1v) is 11.3. The third-order valence-corrected chi connectivity index (χ3v) is 5.92. The third-order valence-electron chi connectivity index (χ3n) is 4.47. The van der Waals surface area contributed by atoms with Gasteiger partial charge in [-0.1, -0.05) is 20.8 Å². The topological polar surface area (TPSA) is 114 Å². The number of ether oxygens (including phenoxy) is 1. The van der Waals surface area contributed by atoms with E-state index in [0.717, 1.165) is 0 Å². The molecule has 0 aromatic heterocycles. The molecule has 0 heterocycles. The van der Waals surface area contributed by atoms with Crippen molar-refractivity contribution in [3.8, 4) is 5.75 Å². The van der Waals surface area contributed by atoms with Crippen LogP contribution in [0.3, 0.4) is 0 Å². The largest absolute Gasteiger partial charge is 0.496 e. The second-order valence-electron chi connectivity index (χ2n) is 8.07. The maximum atomic E-state index is 12.4. The molecule has 31 heavy (non-hydrogen) atoms. The smallest absolute Gasteiger partial charge is 0.251 e. The molecule has 0 saturated heterocycles. The summed E-state index contributed by atoms with van der Waals surface area (Å²) < 4.78 is 32.4. The van der Waals surface area contributed by atoms with Gasteiger partial charge in [-0.3, -0.25) is 9.59 Å². The zero-order chi connectivity index (χ0) is 23.2. The van der Waals surface area contributed by atoms with Crippen molar-refractivity contribution < 1.29 is 22.7 Å². The van der Waals surface area contributed by atoms with Crippen LogP contribution in [0.25, 0.3) is 0 Å². The Balaban J connectivity index is 1.86. The maximum absolute atomic E-state index is 12.4. The Morgan fingerprint density at radius 1 is 1.00 bits per heavy atom. The molecule has 2 aromatic carbocycles. The molecule has 0 fully saturated rings. The van der Waals surface area contributed by atoms with E-state index in [1.54, 1.807) is 37.3 Å². The predicted molar refractivity (Wildman–Crippen MR) is 120 cm³/mol. The molecule has 0 aliphatic rings. The minimum absolute atomic E-state index is 0.0405. The monoisotopic (exact) mass is 447 g/mol. The summed E-state index contributed by atoms with van der Waals surface area (Å²) in [5.41, 5.74) is 1.19. The normalized spacial score (nSPS) is 11.6. The van der Waals surface area contributed by atoms with Gasteiger partial charge in [0.2, 0.25) is 15.9 Å². The van der Waals surface area contributed by atoms with Crippen LogP contribution in [0.15, 0.2) is 47.4 Å². The van der Waals surface area contributed by atoms with E-state index in [9.17, 15) is 18.0 Å². The van der Waals surface area contributed by atoms with E-state index in [1.807, 2.05) is 20.8 Å². The fraction of sp³-hybridized carbons (Fsp3) is 0.364. The molecule has 0 aliphatic heterocycles. The van der Waals surface area contributed by atoms with Gasteiger partial charge in [0.1, 0.15) is 5.75 Å². The maximum Gasteiger partial charge on any atom is 0.251 e. The molecule has 0 bridgehead atoms. The van der Waals surface area contributed by atoms with E-state index in [-0.39, 0.29) is 29.8 Å². The van der Waals surface area contributed by atoms with Gasteiger partial charge in [0.15, 0.2) is 0 Å². The van der Waals surface area contributed by atoms with Crippen LogP contribution in [-0.4, -0.2) is 40.4 Å². The van der Waals surface area contributed by atoms with Gasteiger partial charge in [0, 0.05) is 29.8 Å². The van der Waals surface area contributed by atoms with Crippen LogP contribution in [0, 0.1) is 12.3 Å². The number of hydrogen-bond donors (Lipinski definition) is 3. The molecular weight excluding hydrogens is 418 g/mol. The number of carbonyl (C=O) groups excluding carboxylic acids is 2. The van der Waals surface area contributed by atoms with Gasteiger partial charge in [0.05, 0.1) is 12.0 Å². The van der Waals surface area contributed by atoms with Crippen LogP contribution in [-0.2, 0) is 14.8 Å². The first-order chi connectivity index (χ1) is 14.4. The molecule has 3 N–H and O–H groups in total. The van der Waals surface area contributed by atoms with Crippen molar-refractivity contribution in [2.45, 2.75) is 32.6 Å². The van der Waals surface area contributed by atoms with Crippen molar-refractivity contribution in [1.29, 1.82) is 0 Å². The van der Waals surface area contributed by atoms with Gasteiger partial charge >= 0.3 is 0 Å². The molecule has 0 unspecified atom stereocenters. The summed E-state index contributed by atoms with van der Waals surface area (Å²) in [5.74, 6) is 0.146. The first kappa shape index (κ1) is 24.4. The first-order valence-electron chi connectivity index (χ1n) is 9.78. The number of nitrogens with one attached hydrogen (secondary N) is 3.